The summed E-state index contributed by atoms with van der Waals surface area (Å²) in [5.74, 6) is 5.58. The Kier molecular flexibility index (Phi) is 3.58. The number of hydrogen-bond donors (Lipinski definition) is 1. The Hall–Kier alpha value is -0.800. The van der Waals surface area contributed by atoms with Gasteiger partial charge in [0, 0.05) is 25.6 Å². The molecule has 4 rings (SSSR count). The zero-order valence-electron chi connectivity index (χ0n) is 13.1. The van der Waals surface area contributed by atoms with Crippen LogP contribution in [0, 0.1) is 17.8 Å². The number of rotatable bonds is 8. The minimum Gasteiger partial charge on any atom is -0.464 e. The molecule has 0 amide bonds. The van der Waals surface area contributed by atoms with E-state index in [-0.39, 0.29) is 6.04 Å². The summed E-state index contributed by atoms with van der Waals surface area (Å²) < 4.78 is 6.19. The fourth-order valence-corrected chi connectivity index (χ4v) is 3.50. The summed E-state index contributed by atoms with van der Waals surface area (Å²) in [5, 5.41) is 0. The largest absolute Gasteiger partial charge is 0.464 e. The van der Waals surface area contributed by atoms with Crippen molar-refractivity contribution in [1.82, 2.24) is 4.90 Å². The number of hydrogen-bond acceptors (Lipinski definition) is 3. The lowest BCUT2D eigenvalue weighted by Gasteiger charge is -2.29. The van der Waals surface area contributed by atoms with Gasteiger partial charge in [-0.15, -0.1) is 0 Å². The normalized spacial score (nSPS) is 29.9. The van der Waals surface area contributed by atoms with Crippen LogP contribution >= 0.6 is 0 Å². The first kappa shape index (κ1) is 13.8. The third-order valence-electron chi connectivity index (χ3n) is 5.49. The van der Waals surface area contributed by atoms with Gasteiger partial charge in [-0.25, -0.2) is 0 Å². The molecule has 21 heavy (non-hydrogen) atoms. The molecule has 3 aliphatic carbocycles. The van der Waals surface area contributed by atoms with Crippen LogP contribution in [0.25, 0.3) is 0 Å². The van der Waals surface area contributed by atoms with Crippen LogP contribution < -0.4 is 5.73 Å². The van der Waals surface area contributed by atoms with Gasteiger partial charge in [0.2, 0.25) is 0 Å². The lowest BCUT2D eigenvalue weighted by atomic mass is 10.1. The summed E-state index contributed by atoms with van der Waals surface area (Å²) in [6, 6.07) is 4.66. The highest BCUT2D eigenvalue weighted by Crippen LogP contribution is 2.48. The molecule has 3 unspecified atom stereocenters. The third kappa shape index (κ3) is 3.19. The van der Waals surface area contributed by atoms with Crippen LogP contribution in [0.15, 0.2) is 16.5 Å². The molecule has 3 saturated carbocycles. The average molecular weight is 288 g/mol. The van der Waals surface area contributed by atoms with E-state index < -0.39 is 0 Å². The number of nitrogens with two attached hydrogens (primary N) is 1. The lowest BCUT2D eigenvalue weighted by Crippen LogP contribution is -2.36. The zero-order valence-corrected chi connectivity index (χ0v) is 13.1. The Morgan fingerprint density at radius 1 is 1.19 bits per heavy atom. The number of nitrogens with zero attached hydrogens (tertiary/aromatic N) is 1. The van der Waals surface area contributed by atoms with Crippen molar-refractivity contribution in [2.75, 3.05) is 19.6 Å². The summed E-state index contributed by atoms with van der Waals surface area (Å²) in [4.78, 5) is 2.62. The molecule has 3 heteroatoms. The molecule has 0 saturated heterocycles. The molecule has 0 aromatic carbocycles. The zero-order chi connectivity index (χ0) is 14.4. The maximum atomic E-state index is 6.19. The van der Waals surface area contributed by atoms with Gasteiger partial charge in [0.05, 0.1) is 6.04 Å². The fraction of sp³-hybridized carbons (Fsp3) is 0.778. The van der Waals surface area contributed by atoms with Crippen molar-refractivity contribution in [3.63, 3.8) is 0 Å². The molecule has 3 nitrogen and oxygen atoms in total. The van der Waals surface area contributed by atoms with E-state index >= 15 is 0 Å². The lowest BCUT2D eigenvalue weighted by molar-refractivity contribution is 0.163. The smallest absolute Gasteiger partial charge is 0.122 e. The summed E-state index contributed by atoms with van der Waals surface area (Å²) in [6.07, 6.45) is 6.90. The van der Waals surface area contributed by atoms with Crippen LogP contribution in [0.3, 0.4) is 0 Å². The molecule has 1 heterocycles. The highest BCUT2D eigenvalue weighted by Gasteiger charge is 2.38. The monoisotopic (exact) mass is 288 g/mol. The molecule has 0 aliphatic heterocycles. The van der Waals surface area contributed by atoms with Crippen molar-refractivity contribution in [2.45, 2.75) is 51.0 Å². The Balaban J connectivity index is 1.48. The predicted octanol–water partition coefficient (Wildman–Crippen LogP) is 3.52. The second kappa shape index (κ2) is 5.44. The minimum atomic E-state index is 0.286. The van der Waals surface area contributed by atoms with E-state index in [1.807, 2.05) is 0 Å². The highest BCUT2D eigenvalue weighted by atomic mass is 16.3. The van der Waals surface area contributed by atoms with Crippen molar-refractivity contribution in [3.8, 4) is 0 Å². The van der Waals surface area contributed by atoms with Gasteiger partial charge in [-0.2, -0.15) is 0 Å². The van der Waals surface area contributed by atoms with Gasteiger partial charge in [0.1, 0.15) is 11.5 Å². The van der Waals surface area contributed by atoms with Crippen LogP contribution in [-0.4, -0.2) is 24.5 Å². The molecule has 3 atom stereocenters. The minimum absolute atomic E-state index is 0.286. The molecule has 0 radical (unpaired) electrons. The first-order chi connectivity index (χ1) is 10.2. The van der Waals surface area contributed by atoms with Crippen LogP contribution in [0.2, 0.25) is 0 Å². The van der Waals surface area contributed by atoms with Crippen molar-refractivity contribution in [2.24, 2.45) is 23.5 Å². The first-order valence-corrected chi connectivity index (χ1v) is 8.78. The van der Waals surface area contributed by atoms with E-state index in [2.05, 4.69) is 24.0 Å². The predicted molar refractivity (Wildman–Crippen MR) is 84.0 cm³/mol. The van der Waals surface area contributed by atoms with Crippen molar-refractivity contribution < 1.29 is 4.42 Å². The van der Waals surface area contributed by atoms with Crippen molar-refractivity contribution in [1.29, 1.82) is 0 Å². The van der Waals surface area contributed by atoms with E-state index in [0.29, 0.717) is 12.5 Å². The Morgan fingerprint density at radius 2 is 1.81 bits per heavy atom. The van der Waals surface area contributed by atoms with Gasteiger partial charge in [0.15, 0.2) is 0 Å². The van der Waals surface area contributed by atoms with Gasteiger partial charge in [-0.3, -0.25) is 4.90 Å². The van der Waals surface area contributed by atoms with Gasteiger partial charge in [-0.05, 0) is 62.0 Å². The topological polar surface area (TPSA) is 42.4 Å². The molecule has 0 bridgehead atoms. The van der Waals surface area contributed by atoms with Crippen molar-refractivity contribution in [3.05, 3.63) is 23.7 Å². The Labute approximate surface area is 127 Å². The van der Waals surface area contributed by atoms with Crippen LogP contribution in [0.5, 0.6) is 0 Å². The Bertz CT molecular complexity index is 475. The quantitative estimate of drug-likeness (QED) is 0.796. The SMILES string of the molecule is CC1CC1c1ccc(C(CN)N(CC2CC2)CC2CC2)o1. The van der Waals surface area contributed by atoms with E-state index in [1.165, 1.54) is 51.0 Å². The summed E-state index contributed by atoms with van der Waals surface area (Å²) in [5.41, 5.74) is 6.12. The molecule has 1 aromatic rings. The van der Waals surface area contributed by atoms with Crippen LogP contribution in [0.1, 0.15) is 62.5 Å². The molecule has 1 aromatic heterocycles. The second-order valence-electron chi connectivity index (χ2n) is 7.65. The maximum absolute atomic E-state index is 6.19. The third-order valence-corrected chi connectivity index (χ3v) is 5.49. The van der Waals surface area contributed by atoms with Crippen LogP contribution in [-0.2, 0) is 0 Å². The van der Waals surface area contributed by atoms with Gasteiger partial charge >= 0.3 is 0 Å². The molecule has 3 fully saturated rings. The van der Waals surface area contributed by atoms with E-state index in [0.717, 1.165) is 23.5 Å². The van der Waals surface area contributed by atoms with Gasteiger partial charge in [-0.1, -0.05) is 6.92 Å². The average Bonchev–Trinajstić information content (AvgIpc) is 3.36. The molecule has 116 valence electrons. The standard InChI is InChI=1S/C18H28N2O/c1-12-8-15(12)17-6-7-18(21-17)16(9-19)20(10-13-2-3-13)11-14-4-5-14/h6-7,12-16H,2-5,8-11,19H2,1H3. The van der Waals surface area contributed by atoms with E-state index in [9.17, 15) is 0 Å². The van der Waals surface area contributed by atoms with Crippen LogP contribution in [0.4, 0.5) is 0 Å². The molecule has 3 aliphatic rings. The molecule has 0 spiro atoms. The van der Waals surface area contributed by atoms with E-state index in [1.54, 1.807) is 0 Å². The number of furan rings is 1. The van der Waals surface area contributed by atoms with Gasteiger partial charge < -0.3 is 10.2 Å². The molecule has 2 N–H and O–H groups in total. The molecular formula is C18H28N2O. The summed E-state index contributed by atoms with van der Waals surface area (Å²) in [7, 11) is 0. The highest BCUT2D eigenvalue weighted by molar-refractivity contribution is 5.19. The second-order valence-corrected chi connectivity index (χ2v) is 7.65. The summed E-state index contributed by atoms with van der Waals surface area (Å²) in [6.45, 7) is 5.41. The van der Waals surface area contributed by atoms with Crippen molar-refractivity contribution >= 4 is 0 Å². The maximum Gasteiger partial charge on any atom is 0.122 e. The Morgan fingerprint density at radius 3 is 2.29 bits per heavy atom. The summed E-state index contributed by atoms with van der Waals surface area (Å²) >= 11 is 0. The van der Waals surface area contributed by atoms with Gasteiger partial charge in [0.25, 0.3) is 0 Å². The van der Waals surface area contributed by atoms with E-state index in [4.69, 9.17) is 10.2 Å². The first-order valence-electron chi connectivity index (χ1n) is 8.78. The molecular weight excluding hydrogens is 260 g/mol. The fourth-order valence-electron chi connectivity index (χ4n) is 3.50.